The maximum absolute atomic E-state index is 10.9. The highest BCUT2D eigenvalue weighted by Gasteiger charge is 2.32. The zero-order valence-electron chi connectivity index (χ0n) is 16.1. The van der Waals surface area contributed by atoms with Crippen molar-refractivity contribution in [3.63, 3.8) is 0 Å². The van der Waals surface area contributed by atoms with Crippen LogP contribution in [-0.4, -0.2) is 35.6 Å². The minimum atomic E-state index is -0.676. The van der Waals surface area contributed by atoms with Crippen molar-refractivity contribution in [3.8, 4) is 0 Å². The highest BCUT2D eigenvalue weighted by atomic mass is 16.4. The number of benzene rings is 1. The topological polar surface area (TPSA) is 53.7 Å². The van der Waals surface area contributed by atoms with Crippen LogP contribution >= 0.6 is 0 Å². The molecule has 1 saturated carbocycles. The molecule has 0 bridgehead atoms. The Morgan fingerprint density at radius 3 is 2.71 bits per heavy atom. The lowest BCUT2D eigenvalue weighted by Crippen LogP contribution is -2.50. The van der Waals surface area contributed by atoms with Crippen molar-refractivity contribution >= 4 is 16.9 Å². The van der Waals surface area contributed by atoms with Crippen molar-refractivity contribution in [2.45, 2.75) is 43.9 Å². The lowest BCUT2D eigenvalue weighted by molar-refractivity contribution is -0.147. The number of carboxylic acid groups (broad SMARTS) is 1. The first-order valence-corrected chi connectivity index (χ1v) is 10.5. The van der Waals surface area contributed by atoms with Crippen LogP contribution in [0, 0.1) is 5.92 Å². The van der Waals surface area contributed by atoms with Gasteiger partial charge >= 0.3 is 5.97 Å². The van der Waals surface area contributed by atoms with Gasteiger partial charge in [-0.2, -0.15) is 0 Å². The number of hydrogen-bond donors (Lipinski definition) is 1. The van der Waals surface area contributed by atoms with Gasteiger partial charge in [-0.1, -0.05) is 37.1 Å². The van der Waals surface area contributed by atoms with E-state index in [1.165, 1.54) is 42.2 Å². The van der Waals surface area contributed by atoms with E-state index in [0.717, 1.165) is 30.2 Å². The number of allylic oxidation sites excluding steroid dienone is 2. The fourth-order valence-electron chi connectivity index (χ4n) is 4.88. The first-order chi connectivity index (χ1) is 13.7. The van der Waals surface area contributed by atoms with Crippen molar-refractivity contribution in [2.75, 3.05) is 19.6 Å². The van der Waals surface area contributed by atoms with E-state index in [4.69, 9.17) is 9.52 Å². The van der Waals surface area contributed by atoms with Crippen LogP contribution in [0.4, 0.5) is 0 Å². The summed E-state index contributed by atoms with van der Waals surface area (Å²) >= 11 is 0. The average molecular weight is 377 g/mol. The molecule has 4 heteroatoms. The Balaban J connectivity index is 1.23. The summed E-state index contributed by atoms with van der Waals surface area (Å²) in [5, 5.41) is 10.2. The van der Waals surface area contributed by atoms with Gasteiger partial charge in [-0.25, -0.2) is 0 Å². The Bertz CT molecular complexity index is 942. The van der Waals surface area contributed by atoms with Gasteiger partial charge in [0.05, 0.1) is 5.92 Å². The van der Waals surface area contributed by atoms with Crippen LogP contribution in [0.25, 0.3) is 11.0 Å². The van der Waals surface area contributed by atoms with Gasteiger partial charge < -0.3 is 9.52 Å². The molecule has 1 aromatic heterocycles. The summed E-state index contributed by atoms with van der Waals surface area (Å²) < 4.78 is 6.16. The molecule has 2 aliphatic carbocycles. The number of carboxylic acids is 1. The normalized spacial score (nSPS) is 23.9. The SMILES string of the molecule is O=C(O)C1CN(CC2=CCC(c3cc4cc(C5CCCC5)ccc4o3)C=C2)C1. The van der Waals surface area contributed by atoms with Gasteiger partial charge in [0.1, 0.15) is 11.3 Å². The summed E-state index contributed by atoms with van der Waals surface area (Å²) in [5.41, 5.74) is 3.73. The summed E-state index contributed by atoms with van der Waals surface area (Å²) in [4.78, 5) is 13.1. The van der Waals surface area contributed by atoms with Gasteiger partial charge in [0, 0.05) is 30.9 Å². The van der Waals surface area contributed by atoms with Crippen LogP contribution in [0.5, 0.6) is 0 Å². The molecule has 0 spiro atoms. The van der Waals surface area contributed by atoms with Gasteiger partial charge in [-0.15, -0.1) is 0 Å². The quantitative estimate of drug-likeness (QED) is 0.790. The Hall–Kier alpha value is -2.33. The van der Waals surface area contributed by atoms with Crippen LogP contribution in [0.15, 0.2) is 52.5 Å². The van der Waals surface area contributed by atoms with Crippen LogP contribution < -0.4 is 0 Å². The second-order valence-electron chi connectivity index (χ2n) is 8.64. The zero-order valence-corrected chi connectivity index (χ0v) is 16.1. The number of likely N-dealkylation sites (tertiary alicyclic amines) is 1. The fourth-order valence-corrected chi connectivity index (χ4v) is 4.88. The monoisotopic (exact) mass is 377 g/mol. The molecule has 1 N–H and O–H groups in total. The van der Waals surface area contributed by atoms with Crippen molar-refractivity contribution in [3.05, 3.63) is 59.4 Å². The van der Waals surface area contributed by atoms with E-state index in [2.05, 4.69) is 47.4 Å². The molecular formula is C24H27NO3. The average Bonchev–Trinajstić information content (AvgIpc) is 3.33. The third-order valence-electron chi connectivity index (χ3n) is 6.64. The first-order valence-electron chi connectivity index (χ1n) is 10.5. The molecule has 3 aliphatic rings. The zero-order chi connectivity index (χ0) is 19.1. The largest absolute Gasteiger partial charge is 0.481 e. The van der Waals surface area contributed by atoms with Crippen LogP contribution in [-0.2, 0) is 4.79 Å². The highest BCUT2D eigenvalue weighted by molar-refractivity contribution is 5.79. The van der Waals surface area contributed by atoms with Crippen LogP contribution in [0.2, 0.25) is 0 Å². The number of fused-ring (bicyclic) bond motifs is 1. The van der Waals surface area contributed by atoms with Crippen molar-refractivity contribution in [2.24, 2.45) is 5.92 Å². The van der Waals surface area contributed by atoms with Crippen molar-refractivity contribution in [1.29, 1.82) is 0 Å². The van der Waals surface area contributed by atoms with Gasteiger partial charge in [0.2, 0.25) is 0 Å². The van der Waals surface area contributed by atoms with E-state index >= 15 is 0 Å². The van der Waals surface area contributed by atoms with Crippen LogP contribution in [0.3, 0.4) is 0 Å². The Morgan fingerprint density at radius 1 is 1.18 bits per heavy atom. The van der Waals surface area contributed by atoms with Gasteiger partial charge in [0.15, 0.2) is 0 Å². The number of furan rings is 1. The van der Waals surface area contributed by atoms with Gasteiger partial charge in [-0.05, 0) is 54.5 Å². The number of nitrogens with zero attached hydrogens (tertiary/aromatic N) is 1. The molecule has 1 saturated heterocycles. The lowest BCUT2D eigenvalue weighted by atomic mass is 9.92. The predicted molar refractivity (Wildman–Crippen MR) is 110 cm³/mol. The summed E-state index contributed by atoms with van der Waals surface area (Å²) in [7, 11) is 0. The Morgan fingerprint density at radius 2 is 2.00 bits per heavy atom. The van der Waals surface area contributed by atoms with Crippen molar-refractivity contribution < 1.29 is 14.3 Å². The third-order valence-corrected chi connectivity index (χ3v) is 6.64. The molecular weight excluding hydrogens is 350 g/mol. The molecule has 1 aliphatic heterocycles. The van der Waals surface area contributed by atoms with E-state index in [1.54, 1.807) is 0 Å². The second-order valence-corrected chi connectivity index (χ2v) is 8.64. The summed E-state index contributed by atoms with van der Waals surface area (Å²) in [5.74, 6) is 1.19. The lowest BCUT2D eigenvalue weighted by Gasteiger charge is -2.37. The van der Waals surface area contributed by atoms with E-state index in [9.17, 15) is 4.79 Å². The maximum atomic E-state index is 10.9. The Labute approximate surface area is 165 Å². The molecule has 2 heterocycles. The number of hydrogen-bond acceptors (Lipinski definition) is 3. The molecule has 0 radical (unpaired) electrons. The molecule has 1 aromatic carbocycles. The highest BCUT2D eigenvalue weighted by Crippen LogP contribution is 2.37. The summed E-state index contributed by atoms with van der Waals surface area (Å²) in [6.45, 7) is 2.17. The van der Waals surface area contributed by atoms with Gasteiger partial charge in [0.25, 0.3) is 0 Å². The van der Waals surface area contributed by atoms with Gasteiger partial charge in [-0.3, -0.25) is 9.69 Å². The Kier molecular flexibility index (Phi) is 4.59. The number of aliphatic carboxylic acids is 1. The third kappa shape index (κ3) is 3.42. The molecule has 4 nitrogen and oxygen atoms in total. The molecule has 2 aromatic rings. The smallest absolute Gasteiger partial charge is 0.309 e. The molecule has 1 atom stereocenters. The molecule has 2 fully saturated rings. The fraction of sp³-hybridized carbons (Fsp3) is 0.458. The summed E-state index contributed by atoms with van der Waals surface area (Å²) in [6.07, 6.45) is 13.0. The second kappa shape index (κ2) is 7.25. The molecule has 1 unspecified atom stereocenters. The minimum absolute atomic E-state index is 0.189. The summed E-state index contributed by atoms with van der Waals surface area (Å²) in [6, 6.07) is 8.93. The maximum Gasteiger partial charge on any atom is 0.309 e. The molecule has 5 rings (SSSR count). The number of rotatable bonds is 5. The number of carbonyl (C=O) groups is 1. The van der Waals surface area contributed by atoms with E-state index in [-0.39, 0.29) is 11.8 Å². The predicted octanol–water partition coefficient (Wildman–Crippen LogP) is 5.08. The van der Waals surface area contributed by atoms with Crippen molar-refractivity contribution in [1.82, 2.24) is 4.90 Å². The van der Waals surface area contributed by atoms with E-state index in [1.807, 2.05) is 0 Å². The van der Waals surface area contributed by atoms with E-state index < -0.39 is 5.97 Å². The molecule has 0 amide bonds. The van der Waals surface area contributed by atoms with E-state index in [0.29, 0.717) is 13.1 Å². The first kappa shape index (κ1) is 17.7. The minimum Gasteiger partial charge on any atom is -0.481 e. The molecule has 146 valence electrons. The van der Waals surface area contributed by atoms with Crippen LogP contribution in [0.1, 0.15) is 55.3 Å². The molecule has 28 heavy (non-hydrogen) atoms. The standard InChI is InChI=1S/C24H27NO3/c26-24(27)21-14-25(15-21)13-16-5-7-18(8-6-16)23-12-20-11-19(9-10-22(20)28-23)17-3-1-2-4-17/h5-7,9-12,17-18,21H,1-4,8,13-15H2,(H,26,27).